The molecule has 0 amide bonds. The molecule has 0 atom stereocenters. The molecule has 1 aromatic rings. The SMILES string of the molecule is COC(=O)C(C(C)=O)=C(C)c1ccc(F)cc1Br. The van der Waals surface area contributed by atoms with Crippen LogP contribution in [0.25, 0.3) is 5.57 Å². The Balaban J connectivity index is 3.43. The van der Waals surface area contributed by atoms with Gasteiger partial charge in [0.1, 0.15) is 11.4 Å². The first kappa shape index (κ1) is 14.6. The third kappa shape index (κ3) is 3.04. The maximum absolute atomic E-state index is 13.0. The van der Waals surface area contributed by atoms with Crippen LogP contribution in [0.3, 0.4) is 0 Å². The van der Waals surface area contributed by atoms with Crippen LogP contribution in [0, 0.1) is 5.82 Å². The monoisotopic (exact) mass is 314 g/mol. The highest BCUT2D eigenvalue weighted by Crippen LogP contribution is 2.28. The van der Waals surface area contributed by atoms with Crippen molar-refractivity contribution in [3.8, 4) is 0 Å². The number of halogens is 2. The third-order valence-electron chi connectivity index (χ3n) is 2.45. The number of rotatable bonds is 3. The van der Waals surface area contributed by atoms with E-state index in [1.165, 1.54) is 32.2 Å². The van der Waals surface area contributed by atoms with Gasteiger partial charge in [-0.2, -0.15) is 0 Å². The van der Waals surface area contributed by atoms with Gasteiger partial charge in [-0.15, -0.1) is 0 Å². The minimum absolute atomic E-state index is 0.0372. The number of allylic oxidation sites excluding steroid dienone is 1. The van der Waals surface area contributed by atoms with E-state index in [0.29, 0.717) is 15.6 Å². The normalized spacial score (nSPS) is 11.8. The molecule has 18 heavy (non-hydrogen) atoms. The lowest BCUT2D eigenvalue weighted by Crippen LogP contribution is -2.13. The summed E-state index contributed by atoms with van der Waals surface area (Å²) in [6, 6.07) is 4.03. The molecule has 0 aromatic heterocycles. The number of carbonyl (C=O) groups is 2. The second-order valence-electron chi connectivity index (χ2n) is 3.67. The average molecular weight is 315 g/mol. The Kier molecular flexibility index (Phi) is 4.78. The third-order valence-corrected chi connectivity index (χ3v) is 3.11. The first-order valence-electron chi connectivity index (χ1n) is 5.14. The number of carbonyl (C=O) groups excluding carboxylic acids is 2. The van der Waals surface area contributed by atoms with Gasteiger partial charge in [0.15, 0.2) is 5.78 Å². The van der Waals surface area contributed by atoms with Gasteiger partial charge in [0.25, 0.3) is 0 Å². The molecule has 0 aliphatic carbocycles. The second kappa shape index (κ2) is 5.91. The number of Topliss-reactive ketones (excluding diaryl/α,β-unsaturated/α-hetero) is 1. The lowest BCUT2D eigenvalue weighted by Gasteiger charge is -2.09. The highest BCUT2D eigenvalue weighted by Gasteiger charge is 2.20. The number of benzene rings is 1. The smallest absolute Gasteiger partial charge is 0.341 e. The molecule has 1 aromatic carbocycles. The summed E-state index contributed by atoms with van der Waals surface area (Å²) in [5.74, 6) is -1.49. The molecule has 0 bridgehead atoms. The molecule has 0 saturated carbocycles. The fourth-order valence-corrected chi connectivity index (χ4v) is 2.24. The molecule has 0 spiro atoms. The Morgan fingerprint density at radius 3 is 2.33 bits per heavy atom. The Morgan fingerprint density at radius 2 is 1.89 bits per heavy atom. The molecule has 0 heterocycles. The summed E-state index contributed by atoms with van der Waals surface area (Å²) in [6.45, 7) is 2.90. The van der Waals surface area contributed by atoms with E-state index < -0.39 is 17.6 Å². The standard InChI is InChI=1S/C13H12BrFO3/c1-7(12(8(2)16)13(17)18-3)10-5-4-9(15)6-11(10)14/h4-6H,1-3H3. The molecule has 0 fully saturated rings. The van der Waals surface area contributed by atoms with Crippen LogP contribution in [0.2, 0.25) is 0 Å². The van der Waals surface area contributed by atoms with Gasteiger partial charge < -0.3 is 4.74 Å². The van der Waals surface area contributed by atoms with E-state index in [9.17, 15) is 14.0 Å². The fraction of sp³-hybridized carbons (Fsp3) is 0.231. The molecular weight excluding hydrogens is 303 g/mol. The summed E-state index contributed by atoms with van der Waals surface area (Å²) in [5.41, 5.74) is 0.984. The van der Waals surface area contributed by atoms with E-state index in [1.807, 2.05) is 0 Å². The van der Waals surface area contributed by atoms with Crippen molar-refractivity contribution < 1.29 is 18.7 Å². The summed E-state index contributed by atoms with van der Waals surface area (Å²) in [4.78, 5) is 23.0. The molecule has 0 aliphatic rings. The zero-order chi connectivity index (χ0) is 13.9. The summed E-state index contributed by atoms with van der Waals surface area (Å²) < 4.78 is 18.0. The minimum Gasteiger partial charge on any atom is -0.465 e. The van der Waals surface area contributed by atoms with Crippen LogP contribution in [-0.4, -0.2) is 18.9 Å². The van der Waals surface area contributed by atoms with Gasteiger partial charge in [-0.25, -0.2) is 9.18 Å². The maximum atomic E-state index is 13.0. The lowest BCUT2D eigenvalue weighted by atomic mass is 9.99. The van der Waals surface area contributed by atoms with E-state index >= 15 is 0 Å². The quantitative estimate of drug-likeness (QED) is 0.372. The summed E-state index contributed by atoms with van der Waals surface area (Å²) in [7, 11) is 1.21. The Bertz CT molecular complexity index is 535. The minimum atomic E-state index is -0.698. The van der Waals surface area contributed by atoms with Crippen molar-refractivity contribution in [3.63, 3.8) is 0 Å². The van der Waals surface area contributed by atoms with Crippen LogP contribution in [0.5, 0.6) is 0 Å². The van der Waals surface area contributed by atoms with Crippen molar-refractivity contribution in [2.75, 3.05) is 7.11 Å². The van der Waals surface area contributed by atoms with Crippen molar-refractivity contribution in [3.05, 3.63) is 39.6 Å². The van der Waals surface area contributed by atoms with E-state index in [0.717, 1.165) is 0 Å². The number of hydrogen-bond acceptors (Lipinski definition) is 3. The van der Waals surface area contributed by atoms with Crippen LogP contribution in [0.15, 0.2) is 28.2 Å². The van der Waals surface area contributed by atoms with Crippen LogP contribution < -0.4 is 0 Å². The summed E-state index contributed by atoms with van der Waals surface area (Å²) >= 11 is 3.20. The second-order valence-corrected chi connectivity index (χ2v) is 4.53. The number of methoxy groups -OCH3 is 1. The van der Waals surface area contributed by atoms with Crippen LogP contribution in [-0.2, 0) is 14.3 Å². The van der Waals surface area contributed by atoms with Crippen molar-refractivity contribution in [2.24, 2.45) is 0 Å². The molecule has 5 heteroatoms. The topological polar surface area (TPSA) is 43.4 Å². The Morgan fingerprint density at radius 1 is 1.28 bits per heavy atom. The van der Waals surface area contributed by atoms with Gasteiger partial charge in [0.2, 0.25) is 0 Å². The van der Waals surface area contributed by atoms with E-state index in [2.05, 4.69) is 20.7 Å². The average Bonchev–Trinajstić information content (AvgIpc) is 2.28. The van der Waals surface area contributed by atoms with Gasteiger partial charge in [-0.3, -0.25) is 4.79 Å². The van der Waals surface area contributed by atoms with Crippen molar-refractivity contribution in [1.82, 2.24) is 0 Å². The molecule has 0 saturated heterocycles. The summed E-state index contributed by atoms with van der Waals surface area (Å²) in [6.07, 6.45) is 0. The van der Waals surface area contributed by atoms with Crippen molar-refractivity contribution in [1.29, 1.82) is 0 Å². The predicted molar refractivity (Wildman–Crippen MR) is 69.4 cm³/mol. The van der Waals surface area contributed by atoms with Crippen molar-refractivity contribution in [2.45, 2.75) is 13.8 Å². The van der Waals surface area contributed by atoms with Crippen LogP contribution in [0.4, 0.5) is 4.39 Å². The number of esters is 1. The van der Waals surface area contributed by atoms with Gasteiger partial charge in [0.05, 0.1) is 7.11 Å². The number of hydrogen-bond donors (Lipinski definition) is 0. The van der Waals surface area contributed by atoms with Crippen molar-refractivity contribution >= 4 is 33.3 Å². The molecule has 96 valence electrons. The summed E-state index contributed by atoms with van der Waals surface area (Å²) in [5, 5.41) is 0. The van der Waals surface area contributed by atoms with Crippen LogP contribution in [0.1, 0.15) is 19.4 Å². The maximum Gasteiger partial charge on any atom is 0.341 e. The van der Waals surface area contributed by atoms with Gasteiger partial charge in [-0.05, 0) is 37.1 Å². The predicted octanol–water partition coefficient (Wildman–Crippen LogP) is 3.12. The highest BCUT2D eigenvalue weighted by molar-refractivity contribution is 9.10. The molecule has 1 rings (SSSR count). The lowest BCUT2D eigenvalue weighted by molar-refractivity contribution is -0.137. The zero-order valence-electron chi connectivity index (χ0n) is 10.2. The Labute approximate surface area is 113 Å². The molecule has 0 radical (unpaired) electrons. The van der Waals surface area contributed by atoms with Gasteiger partial charge in [0, 0.05) is 4.47 Å². The van der Waals surface area contributed by atoms with Crippen LogP contribution >= 0.6 is 15.9 Å². The molecule has 0 unspecified atom stereocenters. The van der Waals surface area contributed by atoms with E-state index in [1.54, 1.807) is 6.92 Å². The fourth-order valence-electron chi connectivity index (χ4n) is 1.59. The number of ketones is 1. The van der Waals surface area contributed by atoms with Gasteiger partial charge in [-0.1, -0.05) is 22.0 Å². The zero-order valence-corrected chi connectivity index (χ0v) is 11.8. The first-order valence-corrected chi connectivity index (χ1v) is 5.93. The number of ether oxygens (including phenoxy) is 1. The first-order chi connectivity index (χ1) is 8.38. The van der Waals surface area contributed by atoms with E-state index in [4.69, 9.17) is 0 Å². The van der Waals surface area contributed by atoms with Gasteiger partial charge >= 0.3 is 5.97 Å². The largest absolute Gasteiger partial charge is 0.465 e. The van der Waals surface area contributed by atoms with E-state index in [-0.39, 0.29) is 5.57 Å². The highest BCUT2D eigenvalue weighted by atomic mass is 79.9. The molecular formula is C13H12BrFO3. The molecule has 3 nitrogen and oxygen atoms in total. The molecule has 0 aliphatic heterocycles. The molecule has 0 N–H and O–H groups in total. The Hall–Kier alpha value is -1.49.